The van der Waals surface area contributed by atoms with E-state index in [2.05, 4.69) is 5.32 Å². The van der Waals surface area contributed by atoms with Crippen LogP contribution in [0.25, 0.3) is 0 Å². The normalized spacial score (nSPS) is 15.1. The van der Waals surface area contributed by atoms with Gasteiger partial charge in [0, 0.05) is 6.20 Å². The molecule has 0 aromatic rings. The summed E-state index contributed by atoms with van der Waals surface area (Å²) >= 11 is 0. The molecular weight excluding hydrogens is 224 g/mol. The molecule has 0 bridgehead atoms. The zero-order valence-electron chi connectivity index (χ0n) is 10.6. The lowest BCUT2D eigenvalue weighted by Gasteiger charge is -2.24. The van der Waals surface area contributed by atoms with Crippen molar-refractivity contribution in [3.63, 3.8) is 0 Å². The van der Waals surface area contributed by atoms with Gasteiger partial charge in [-0.15, -0.1) is 0 Å². The van der Waals surface area contributed by atoms with Crippen LogP contribution in [-0.2, 0) is 14.3 Å². The maximum Gasteiger partial charge on any atom is 0.416 e. The largest absolute Gasteiger partial charge is 0.461 e. The molecule has 0 aromatic heterocycles. The van der Waals surface area contributed by atoms with Gasteiger partial charge in [0.15, 0.2) is 0 Å². The maximum atomic E-state index is 11.8. The molecule has 96 valence electrons. The highest BCUT2D eigenvalue weighted by molar-refractivity contribution is 5.92. The van der Waals surface area contributed by atoms with Gasteiger partial charge in [-0.1, -0.05) is 0 Å². The molecule has 1 aliphatic heterocycles. The number of hydrogen-bond donors (Lipinski definition) is 1. The number of hydrogen-bond acceptors (Lipinski definition) is 5. The number of amides is 1. The first-order valence-corrected chi connectivity index (χ1v) is 5.46. The van der Waals surface area contributed by atoms with Crippen molar-refractivity contribution < 1.29 is 19.1 Å². The van der Waals surface area contributed by atoms with Gasteiger partial charge in [-0.2, -0.15) is 0 Å². The van der Waals surface area contributed by atoms with Crippen LogP contribution in [0.15, 0.2) is 11.9 Å². The molecule has 1 N–H and O–H groups in total. The minimum absolute atomic E-state index is 0.168. The number of nitrogens with one attached hydrogen (secondary N) is 1. The van der Waals surface area contributed by atoms with Gasteiger partial charge in [0.05, 0.1) is 13.3 Å². The second-order valence-electron chi connectivity index (χ2n) is 4.52. The first-order valence-electron chi connectivity index (χ1n) is 5.46. The Morgan fingerprint density at radius 3 is 2.65 bits per heavy atom. The summed E-state index contributed by atoms with van der Waals surface area (Å²) in [5.41, 5.74) is -0.430. The predicted molar refractivity (Wildman–Crippen MR) is 60.8 cm³/mol. The molecule has 1 rings (SSSR count). The molecule has 6 nitrogen and oxygen atoms in total. The smallest absolute Gasteiger partial charge is 0.416 e. The lowest BCUT2D eigenvalue weighted by atomic mass is 10.2. The van der Waals surface area contributed by atoms with E-state index in [9.17, 15) is 9.59 Å². The van der Waals surface area contributed by atoms with Crippen molar-refractivity contribution in [1.82, 2.24) is 10.2 Å². The summed E-state index contributed by atoms with van der Waals surface area (Å²) in [6.45, 7) is 7.48. The Morgan fingerprint density at radius 1 is 1.47 bits per heavy atom. The Labute approximate surface area is 101 Å². The van der Waals surface area contributed by atoms with E-state index in [1.54, 1.807) is 27.7 Å². The molecule has 1 amide bonds. The molecule has 17 heavy (non-hydrogen) atoms. The summed E-state index contributed by atoms with van der Waals surface area (Å²) in [5, 5.41) is 2.79. The molecule has 0 atom stereocenters. The zero-order valence-corrected chi connectivity index (χ0v) is 10.6. The predicted octanol–water partition coefficient (Wildman–Crippen LogP) is 1.19. The molecule has 0 saturated heterocycles. The summed E-state index contributed by atoms with van der Waals surface area (Å²) in [6.07, 6.45) is 0.879. The van der Waals surface area contributed by atoms with E-state index in [1.165, 1.54) is 11.1 Å². The molecule has 0 fully saturated rings. The number of nitrogens with zero attached hydrogens (tertiary/aromatic N) is 1. The minimum Gasteiger partial charge on any atom is -0.461 e. The van der Waals surface area contributed by atoms with Crippen molar-refractivity contribution in [3.05, 3.63) is 11.9 Å². The Balaban J connectivity index is 2.69. The molecule has 0 radical (unpaired) electrons. The highest BCUT2D eigenvalue weighted by Crippen LogP contribution is 2.16. The number of carbonyl (C=O) groups is 2. The first-order chi connectivity index (χ1) is 7.85. The lowest BCUT2D eigenvalue weighted by Crippen LogP contribution is -2.38. The van der Waals surface area contributed by atoms with Crippen molar-refractivity contribution in [2.45, 2.75) is 33.3 Å². The number of esters is 1. The van der Waals surface area contributed by atoms with Gasteiger partial charge in [-0.05, 0) is 27.7 Å². The molecule has 0 unspecified atom stereocenters. The molecule has 0 aromatic carbocycles. The second-order valence-corrected chi connectivity index (χ2v) is 4.52. The van der Waals surface area contributed by atoms with Gasteiger partial charge in [-0.3, -0.25) is 4.90 Å². The van der Waals surface area contributed by atoms with Crippen LogP contribution >= 0.6 is 0 Å². The standard InChI is InChI=1S/C11H18N2O4/c1-5-16-9(14)8-6-12-7-13(8)10(15)17-11(2,3)4/h6,12H,5,7H2,1-4H3. The van der Waals surface area contributed by atoms with Crippen LogP contribution in [0.2, 0.25) is 0 Å². The SMILES string of the molecule is CCOC(=O)C1=CNCN1C(=O)OC(C)(C)C. The molecule has 6 heteroatoms. The van der Waals surface area contributed by atoms with Gasteiger partial charge < -0.3 is 14.8 Å². The van der Waals surface area contributed by atoms with Gasteiger partial charge in [-0.25, -0.2) is 9.59 Å². The van der Waals surface area contributed by atoms with Gasteiger partial charge in [0.1, 0.15) is 11.3 Å². The quantitative estimate of drug-likeness (QED) is 0.737. The summed E-state index contributed by atoms with van der Waals surface area (Å²) in [6, 6.07) is 0. The average molecular weight is 242 g/mol. The van der Waals surface area contributed by atoms with Crippen LogP contribution in [0.4, 0.5) is 4.79 Å². The van der Waals surface area contributed by atoms with Crippen molar-refractivity contribution >= 4 is 12.1 Å². The zero-order chi connectivity index (χ0) is 13.1. The third-order valence-electron chi connectivity index (χ3n) is 1.88. The topological polar surface area (TPSA) is 67.9 Å². The average Bonchev–Trinajstić information content (AvgIpc) is 2.63. The van der Waals surface area contributed by atoms with E-state index in [0.29, 0.717) is 0 Å². The van der Waals surface area contributed by atoms with Crippen LogP contribution in [0, 0.1) is 0 Å². The lowest BCUT2D eigenvalue weighted by molar-refractivity contribution is -0.140. The molecule has 0 saturated carbocycles. The third kappa shape index (κ3) is 3.65. The van der Waals surface area contributed by atoms with E-state index >= 15 is 0 Å². The number of ether oxygens (including phenoxy) is 2. The van der Waals surface area contributed by atoms with Crippen molar-refractivity contribution in [2.24, 2.45) is 0 Å². The number of carbonyl (C=O) groups excluding carboxylic acids is 2. The van der Waals surface area contributed by atoms with Gasteiger partial charge >= 0.3 is 12.1 Å². The highest BCUT2D eigenvalue weighted by Gasteiger charge is 2.31. The molecule has 0 spiro atoms. The Morgan fingerprint density at radius 2 is 2.12 bits per heavy atom. The number of rotatable bonds is 2. The van der Waals surface area contributed by atoms with Crippen molar-refractivity contribution in [1.29, 1.82) is 0 Å². The Bertz CT molecular complexity index is 344. The fourth-order valence-electron chi connectivity index (χ4n) is 1.25. The molecule has 1 heterocycles. The van der Waals surface area contributed by atoms with Crippen LogP contribution in [0.1, 0.15) is 27.7 Å². The first kappa shape index (κ1) is 13.3. The van der Waals surface area contributed by atoms with Crippen molar-refractivity contribution in [2.75, 3.05) is 13.3 Å². The van der Waals surface area contributed by atoms with Crippen LogP contribution in [0.3, 0.4) is 0 Å². The van der Waals surface area contributed by atoms with Crippen LogP contribution < -0.4 is 5.32 Å². The summed E-state index contributed by atoms with van der Waals surface area (Å²) in [5.74, 6) is -0.539. The monoisotopic (exact) mass is 242 g/mol. The maximum absolute atomic E-state index is 11.8. The van der Waals surface area contributed by atoms with E-state index < -0.39 is 17.7 Å². The van der Waals surface area contributed by atoms with Gasteiger partial charge in [0.2, 0.25) is 0 Å². The van der Waals surface area contributed by atoms with E-state index in [4.69, 9.17) is 9.47 Å². The fourth-order valence-corrected chi connectivity index (χ4v) is 1.25. The van der Waals surface area contributed by atoms with Gasteiger partial charge in [0.25, 0.3) is 0 Å². The Hall–Kier alpha value is -1.72. The highest BCUT2D eigenvalue weighted by atomic mass is 16.6. The minimum atomic E-state index is -0.598. The summed E-state index contributed by atoms with van der Waals surface area (Å²) < 4.78 is 10.0. The van der Waals surface area contributed by atoms with E-state index in [1.807, 2.05) is 0 Å². The Kier molecular flexibility index (Phi) is 3.98. The molecule has 1 aliphatic rings. The van der Waals surface area contributed by atoms with Crippen LogP contribution in [0.5, 0.6) is 0 Å². The van der Waals surface area contributed by atoms with Crippen molar-refractivity contribution in [3.8, 4) is 0 Å². The van der Waals surface area contributed by atoms with E-state index in [0.717, 1.165) is 0 Å². The third-order valence-corrected chi connectivity index (χ3v) is 1.88. The fraction of sp³-hybridized carbons (Fsp3) is 0.636. The summed E-state index contributed by atoms with van der Waals surface area (Å²) in [4.78, 5) is 24.6. The molecule has 0 aliphatic carbocycles. The van der Waals surface area contributed by atoms with E-state index in [-0.39, 0.29) is 19.0 Å². The summed E-state index contributed by atoms with van der Waals surface area (Å²) in [7, 11) is 0. The molecular formula is C11H18N2O4. The second kappa shape index (κ2) is 5.07. The van der Waals surface area contributed by atoms with Crippen LogP contribution in [-0.4, -0.2) is 35.8 Å².